The maximum Gasteiger partial charge on any atom is 0.238 e. The van der Waals surface area contributed by atoms with Crippen molar-refractivity contribution in [3.05, 3.63) is 76.5 Å². The summed E-state index contributed by atoms with van der Waals surface area (Å²) >= 11 is 0. The van der Waals surface area contributed by atoms with E-state index in [-0.39, 0.29) is 16.9 Å². The van der Waals surface area contributed by atoms with Gasteiger partial charge in [-0.25, -0.2) is 0 Å². The lowest BCUT2D eigenvalue weighted by atomic mass is 9.85. The molecule has 1 aliphatic carbocycles. The summed E-state index contributed by atoms with van der Waals surface area (Å²) in [5.74, 6) is -0.979. The van der Waals surface area contributed by atoms with E-state index in [0.29, 0.717) is 28.2 Å². The Labute approximate surface area is 144 Å². The fourth-order valence-electron chi connectivity index (χ4n) is 3.19. The van der Waals surface area contributed by atoms with Crippen LogP contribution in [0.2, 0.25) is 0 Å². The molecular weight excluding hydrogens is 315 g/mol. The van der Waals surface area contributed by atoms with Crippen LogP contribution in [0.25, 0.3) is 11.3 Å². The highest BCUT2D eigenvalue weighted by Gasteiger charge is 2.38. The molecule has 4 nitrogen and oxygen atoms in total. The predicted molar refractivity (Wildman–Crippen MR) is 95.6 cm³/mol. The molecule has 5 heteroatoms. The minimum atomic E-state index is -0.694. The van der Waals surface area contributed by atoms with Gasteiger partial charge in [0.1, 0.15) is 19.4 Å². The van der Waals surface area contributed by atoms with Crippen LogP contribution in [0.4, 0.5) is 0 Å². The number of Topliss-reactive ketones (excluding diaryl/α,β-unsaturated/α-hetero) is 2. The van der Waals surface area contributed by atoms with Gasteiger partial charge in [-0.05, 0) is 6.92 Å². The lowest BCUT2D eigenvalue weighted by Crippen LogP contribution is -2.22. The first-order chi connectivity index (χ1) is 12.0. The first kappa shape index (κ1) is 15.3. The Bertz CT molecular complexity index is 1060. The number of hydrogen-bond acceptors (Lipinski definition) is 4. The van der Waals surface area contributed by atoms with Gasteiger partial charge >= 0.3 is 0 Å². The van der Waals surface area contributed by atoms with E-state index in [1.807, 2.05) is 20.0 Å². The van der Waals surface area contributed by atoms with Gasteiger partial charge in [0.15, 0.2) is 5.78 Å². The van der Waals surface area contributed by atoms with Crippen LogP contribution in [0.3, 0.4) is 0 Å². The zero-order valence-corrected chi connectivity index (χ0v) is 13.8. The van der Waals surface area contributed by atoms with E-state index in [4.69, 9.17) is 4.42 Å². The third-order valence-electron chi connectivity index (χ3n) is 4.47. The zero-order chi connectivity index (χ0) is 17.7. The Morgan fingerprint density at radius 3 is 2.24 bits per heavy atom. The predicted octanol–water partition coefficient (Wildman–Crippen LogP) is 2.12. The molecule has 0 bridgehead atoms. The van der Waals surface area contributed by atoms with E-state index in [2.05, 4.69) is 0 Å². The summed E-state index contributed by atoms with van der Waals surface area (Å²) in [7, 11) is 1.93. The topological polar surface area (TPSA) is 64.3 Å². The van der Waals surface area contributed by atoms with E-state index in [9.17, 15) is 14.4 Å². The van der Waals surface area contributed by atoms with Crippen molar-refractivity contribution in [1.29, 1.82) is 0 Å². The lowest BCUT2D eigenvalue weighted by molar-refractivity contribution is 0.0813. The molecule has 0 radical (unpaired) electrons. The van der Waals surface area contributed by atoms with E-state index in [0.717, 1.165) is 5.46 Å². The number of benzene rings is 2. The normalized spacial score (nSPS) is 12.7. The quantitative estimate of drug-likeness (QED) is 0.411. The van der Waals surface area contributed by atoms with E-state index >= 15 is 0 Å². The number of hydrogen-bond donors (Lipinski definition) is 0. The van der Waals surface area contributed by atoms with Crippen molar-refractivity contribution < 1.29 is 18.8 Å². The average molecular weight is 328 g/mol. The van der Waals surface area contributed by atoms with Crippen molar-refractivity contribution in [3.63, 3.8) is 0 Å². The molecule has 0 unspecified atom stereocenters. The third-order valence-corrected chi connectivity index (χ3v) is 4.47. The van der Waals surface area contributed by atoms with Crippen molar-refractivity contribution in [2.45, 2.75) is 6.92 Å². The molecule has 2 aromatic carbocycles. The highest BCUT2D eigenvalue weighted by atomic mass is 16.3. The second-order valence-electron chi connectivity index (χ2n) is 6.14. The van der Waals surface area contributed by atoms with Gasteiger partial charge in [-0.1, -0.05) is 54.0 Å². The first-order valence-electron chi connectivity index (χ1n) is 7.92. The van der Waals surface area contributed by atoms with Gasteiger partial charge in [0, 0.05) is 16.7 Å². The summed E-state index contributed by atoms with van der Waals surface area (Å²) in [5.41, 5.74) is 2.59. The van der Waals surface area contributed by atoms with Crippen molar-refractivity contribution in [2.75, 3.05) is 0 Å². The van der Waals surface area contributed by atoms with Crippen molar-refractivity contribution in [1.82, 2.24) is 0 Å². The van der Waals surface area contributed by atoms with Gasteiger partial charge < -0.3 is 4.42 Å². The Kier molecular flexibility index (Phi) is 3.32. The highest BCUT2D eigenvalue weighted by Crippen LogP contribution is 2.39. The van der Waals surface area contributed by atoms with Gasteiger partial charge in [0.2, 0.25) is 11.6 Å². The zero-order valence-electron chi connectivity index (χ0n) is 13.8. The maximum absolute atomic E-state index is 13.0. The molecule has 0 saturated heterocycles. The minimum absolute atomic E-state index is 0.0757. The molecule has 0 N–H and O–H groups in total. The fraction of sp³-hybridized carbons (Fsp3) is 0.0500. The molecule has 1 aliphatic rings. The summed E-state index contributed by atoms with van der Waals surface area (Å²) < 4.78 is 5.75. The largest absolute Gasteiger partial charge is 0.460 e. The monoisotopic (exact) mass is 328 g/mol. The average Bonchev–Trinajstić information content (AvgIpc) is 2.97. The van der Waals surface area contributed by atoms with Gasteiger partial charge in [-0.3, -0.25) is 14.4 Å². The minimum Gasteiger partial charge on any atom is -0.460 e. The molecule has 0 amide bonds. The molecule has 25 heavy (non-hydrogen) atoms. The van der Waals surface area contributed by atoms with Crippen molar-refractivity contribution in [3.8, 4) is 11.3 Å². The lowest BCUT2D eigenvalue weighted by Gasteiger charge is -2.13. The molecule has 1 aromatic heterocycles. The molecule has 0 fully saturated rings. The smallest absolute Gasteiger partial charge is 0.238 e. The van der Waals surface area contributed by atoms with Crippen LogP contribution >= 0.6 is 0 Å². The number of carbonyl (C=O) groups excluding carboxylic acids is 3. The third kappa shape index (κ3) is 2.20. The van der Waals surface area contributed by atoms with Crippen molar-refractivity contribution >= 4 is 30.7 Å². The standard InChI is InChI=1S/C20H13BO4/c1-10-15(17(22)11-6-8-12(21)9-7-11)16-19(24)18(23)13-4-2-3-5-14(13)20(16)25-10/h2-9H,21H2,1H3. The summed E-state index contributed by atoms with van der Waals surface area (Å²) in [6, 6.07) is 13.9. The number of fused-ring (bicyclic) bond motifs is 3. The molecule has 0 atom stereocenters. The number of rotatable bonds is 2. The van der Waals surface area contributed by atoms with Gasteiger partial charge in [-0.15, -0.1) is 0 Å². The van der Waals surface area contributed by atoms with Crippen LogP contribution in [-0.2, 0) is 0 Å². The molecule has 1 heterocycles. The Morgan fingerprint density at radius 2 is 1.56 bits per heavy atom. The van der Waals surface area contributed by atoms with Crippen LogP contribution in [0.1, 0.15) is 42.4 Å². The van der Waals surface area contributed by atoms with Crippen LogP contribution < -0.4 is 5.46 Å². The Morgan fingerprint density at radius 1 is 0.920 bits per heavy atom. The van der Waals surface area contributed by atoms with E-state index in [1.165, 1.54) is 0 Å². The Balaban J connectivity index is 1.95. The summed E-state index contributed by atoms with van der Waals surface area (Å²) in [6.45, 7) is 1.64. The van der Waals surface area contributed by atoms with Crippen LogP contribution in [0.5, 0.6) is 0 Å². The molecule has 120 valence electrons. The molecule has 4 rings (SSSR count). The summed E-state index contributed by atoms with van der Waals surface area (Å²) in [5, 5.41) is 0. The summed E-state index contributed by atoms with van der Waals surface area (Å²) in [6.07, 6.45) is 0. The van der Waals surface area contributed by atoms with Crippen LogP contribution in [-0.4, -0.2) is 25.2 Å². The van der Waals surface area contributed by atoms with E-state index < -0.39 is 11.6 Å². The number of carbonyl (C=O) groups is 3. The molecule has 3 aromatic rings. The molecule has 0 saturated carbocycles. The fourth-order valence-corrected chi connectivity index (χ4v) is 3.19. The molecular formula is C20H13BO4. The highest BCUT2D eigenvalue weighted by molar-refractivity contribution is 6.54. The molecule has 0 aliphatic heterocycles. The number of ketones is 3. The number of aryl methyl sites for hydroxylation is 1. The first-order valence-corrected chi connectivity index (χ1v) is 7.92. The van der Waals surface area contributed by atoms with Crippen LogP contribution in [0.15, 0.2) is 52.9 Å². The Hall–Kier alpha value is -3.21. The van der Waals surface area contributed by atoms with E-state index in [1.54, 1.807) is 43.3 Å². The van der Waals surface area contributed by atoms with Gasteiger partial charge in [0.25, 0.3) is 0 Å². The maximum atomic E-state index is 13.0. The second-order valence-corrected chi connectivity index (χ2v) is 6.14. The number of furan rings is 1. The van der Waals surface area contributed by atoms with Crippen LogP contribution in [0, 0.1) is 6.92 Å². The SMILES string of the molecule is Bc1ccc(C(=O)c2c(C)oc3c2C(=O)C(=O)c2ccccc2-3)cc1. The second kappa shape index (κ2) is 5.41. The molecule has 0 spiro atoms. The van der Waals surface area contributed by atoms with Gasteiger partial charge in [0.05, 0.1) is 11.1 Å². The van der Waals surface area contributed by atoms with Gasteiger partial charge in [-0.2, -0.15) is 0 Å². The summed E-state index contributed by atoms with van der Waals surface area (Å²) in [4.78, 5) is 38.0. The van der Waals surface area contributed by atoms with Crippen molar-refractivity contribution in [2.24, 2.45) is 0 Å².